The molecule has 168 valence electrons. The van der Waals surface area contributed by atoms with Crippen LogP contribution in [0.1, 0.15) is 74.1 Å². The fraction of sp³-hybridized carbons (Fsp3) is 0.680. The van der Waals surface area contributed by atoms with Crippen LogP contribution in [0.4, 0.5) is 0 Å². The van der Waals surface area contributed by atoms with E-state index in [1.54, 1.807) is 26.0 Å². The second-order valence-electron chi connectivity index (χ2n) is 9.33. The van der Waals surface area contributed by atoms with Crippen molar-refractivity contribution in [2.45, 2.75) is 98.1 Å². The lowest BCUT2D eigenvalue weighted by Gasteiger charge is -2.37. The van der Waals surface area contributed by atoms with Gasteiger partial charge in [-0.05, 0) is 72.3 Å². The van der Waals surface area contributed by atoms with Gasteiger partial charge in [-0.3, -0.25) is 0 Å². The Labute approximate surface area is 181 Å². The quantitative estimate of drug-likeness (QED) is 0.231. The van der Waals surface area contributed by atoms with Gasteiger partial charge in [-0.15, -0.1) is 0 Å². The van der Waals surface area contributed by atoms with E-state index in [0.717, 1.165) is 24.8 Å². The van der Waals surface area contributed by atoms with Crippen molar-refractivity contribution in [3.63, 3.8) is 0 Å². The van der Waals surface area contributed by atoms with E-state index in [4.69, 9.17) is 14.2 Å². The number of esters is 2. The standard InChI is InChI=1S/C25H38O5/c1-9-16(4)23(26)28-20(14-22-25(7,8)30-22)18(6)19-12-11-15(3)13-21(19)29-24(27)17(5)10-2/h9-10,15,19-22H,6,11-14H2,1-5,7-8H3/b16-9+,17-10+/t15-,19+,20+,21-,22-/m1/s1. The number of carbonyl (C=O) groups is 2. The van der Waals surface area contributed by atoms with Crippen molar-refractivity contribution < 1.29 is 23.8 Å². The molecule has 1 saturated carbocycles. The molecule has 0 aromatic rings. The second-order valence-corrected chi connectivity index (χ2v) is 9.33. The molecule has 5 atom stereocenters. The molecule has 0 aromatic carbocycles. The highest BCUT2D eigenvalue weighted by atomic mass is 16.6. The van der Waals surface area contributed by atoms with Crippen LogP contribution in [0.2, 0.25) is 0 Å². The number of hydrogen-bond acceptors (Lipinski definition) is 5. The van der Waals surface area contributed by atoms with E-state index in [1.165, 1.54) is 0 Å². The molecular formula is C25H38O5. The SMILES string of the molecule is C=C([C@H](C[C@H]1OC1(C)C)OC(=O)/C(C)=C/C)[C@@H]1CC[C@@H](C)C[C@H]1OC(=O)/C(C)=C/C. The molecule has 0 amide bonds. The van der Waals surface area contributed by atoms with E-state index in [1.807, 2.05) is 27.7 Å². The molecule has 30 heavy (non-hydrogen) atoms. The smallest absolute Gasteiger partial charge is 0.333 e. The highest BCUT2D eigenvalue weighted by Crippen LogP contribution is 2.43. The Hall–Kier alpha value is -1.88. The van der Waals surface area contributed by atoms with Crippen LogP contribution in [0.25, 0.3) is 0 Å². The van der Waals surface area contributed by atoms with Crippen LogP contribution in [-0.2, 0) is 23.8 Å². The number of hydrogen-bond donors (Lipinski definition) is 0. The van der Waals surface area contributed by atoms with Crippen LogP contribution in [0.15, 0.2) is 35.5 Å². The van der Waals surface area contributed by atoms with Gasteiger partial charge >= 0.3 is 11.9 Å². The zero-order valence-electron chi connectivity index (χ0n) is 19.6. The van der Waals surface area contributed by atoms with E-state index in [-0.39, 0.29) is 35.7 Å². The Kier molecular flexibility index (Phi) is 8.09. The van der Waals surface area contributed by atoms with Gasteiger partial charge in [0.25, 0.3) is 0 Å². The predicted octanol–water partition coefficient (Wildman–Crippen LogP) is 5.30. The Balaban J connectivity index is 2.21. The first-order valence-corrected chi connectivity index (χ1v) is 11.0. The van der Waals surface area contributed by atoms with Crippen molar-refractivity contribution in [3.8, 4) is 0 Å². The number of allylic oxidation sites excluding steroid dienone is 2. The van der Waals surface area contributed by atoms with E-state index in [0.29, 0.717) is 23.5 Å². The minimum absolute atomic E-state index is 0.0201. The molecule has 0 radical (unpaired) electrons. The highest BCUT2D eigenvalue weighted by Gasteiger charge is 2.50. The normalized spacial score (nSPS) is 29.7. The molecule has 0 aromatic heterocycles. The largest absolute Gasteiger partial charge is 0.458 e. The summed E-state index contributed by atoms with van der Waals surface area (Å²) in [7, 11) is 0. The van der Waals surface area contributed by atoms with Crippen LogP contribution in [-0.4, -0.2) is 35.9 Å². The van der Waals surface area contributed by atoms with Gasteiger partial charge in [0.2, 0.25) is 0 Å². The molecule has 2 fully saturated rings. The van der Waals surface area contributed by atoms with Gasteiger partial charge in [0.15, 0.2) is 0 Å². The first kappa shape index (κ1) is 24.4. The highest BCUT2D eigenvalue weighted by molar-refractivity contribution is 5.88. The Morgan fingerprint density at radius 1 is 1.13 bits per heavy atom. The lowest BCUT2D eigenvalue weighted by molar-refractivity contribution is -0.151. The van der Waals surface area contributed by atoms with Gasteiger partial charge in [0.1, 0.15) is 12.2 Å². The Morgan fingerprint density at radius 3 is 2.23 bits per heavy atom. The van der Waals surface area contributed by atoms with Crippen LogP contribution in [0.3, 0.4) is 0 Å². The summed E-state index contributed by atoms with van der Waals surface area (Å²) in [6.45, 7) is 17.7. The lowest BCUT2D eigenvalue weighted by atomic mass is 9.75. The van der Waals surface area contributed by atoms with Crippen molar-refractivity contribution in [2.75, 3.05) is 0 Å². The molecule has 1 aliphatic carbocycles. The van der Waals surface area contributed by atoms with E-state index in [9.17, 15) is 9.59 Å². The first-order chi connectivity index (χ1) is 14.0. The maximum absolute atomic E-state index is 12.5. The third-order valence-electron chi connectivity index (χ3n) is 6.55. The fourth-order valence-electron chi connectivity index (χ4n) is 3.94. The Bertz CT molecular complexity index is 730. The third-order valence-corrected chi connectivity index (χ3v) is 6.55. The van der Waals surface area contributed by atoms with E-state index < -0.39 is 6.10 Å². The first-order valence-electron chi connectivity index (χ1n) is 11.0. The molecular weight excluding hydrogens is 380 g/mol. The summed E-state index contributed by atoms with van der Waals surface area (Å²) in [5.74, 6) is -0.209. The minimum Gasteiger partial charge on any atom is -0.458 e. The van der Waals surface area contributed by atoms with Gasteiger partial charge in [0.05, 0.1) is 11.7 Å². The second kappa shape index (κ2) is 9.95. The lowest BCUT2D eigenvalue weighted by Crippen LogP contribution is -2.38. The fourth-order valence-corrected chi connectivity index (χ4v) is 3.94. The summed E-state index contributed by atoms with van der Waals surface area (Å²) in [6.07, 6.45) is 6.02. The van der Waals surface area contributed by atoms with Crippen molar-refractivity contribution >= 4 is 11.9 Å². The molecule has 1 aliphatic heterocycles. The van der Waals surface area contributed by atoms with E-state index in [2.05, 4.69) is 13.5 Å². The van der Waals surface area contributed by atoms with Gasteiger partial charge in [0, 0.05) is 23.5 Å². The average molecular weight is 419 g/mol. The van der Waals surface area contributed by atoms with Crippen molar-refractivity contribution in [1.82, 2.24) is 0 Å². The Morgan fingerprint density at radius 2 is 1.70 bits per heavy atom. The van der Waals surface area contributed by atoms with Gasteiger partial charge < -0.3 is 14.2 Å². The molecule has 5 heteroatoms. The molecule has 0 bridgehead atoms. The summed E-state index contributed by atoms with van der Waals surface area (Å²) in [6, 6.07) is 0. The van der Waals surface area contributed by atoms with E-state index >= 15 is 0 Å². The zero-order chi connectivity index (χ0) is 22.6. The van der Waals surface area contributed by atoms with Gasteiger partial charge in [-0.1, -0.05) is 25.7 Å². The number of epoxide rings is 1. The summed E-state index contributed by atoms with van der Waals surface area (Å²) in [5, 5.41) is 0. The maximum Gasteiger partial charge on any atom is 0.333 e. The summed E-state index contributed by atoms with van der Waals surface area (Å²) in [4.78, 5) is 24.9. The maximum atomic E-state index is 12.5. The topological polar surface area (TPSA) is 65.1 Å². The van der Waals surface area contributed by atoms with Gasteiger partial charge in [-0.25, -0.2) is 9.59 Å². The third kappa shape index (κ3) is 6.07. The summed E-state index contributed by atoms with van der Waals surface area (Å²) >= 11 is 0. The van der Waals surface area contributed by atoms with Crippen LogP contribution >= 0.6 is 0 Å². The number of carbonyl (C=O) groups excluding carboxylic acids is 2. The molecule has 2 aliphatic rings. The number of ether oxygens (including phenoxy) is 3. The van der Waals surface area contributed by atoms with Gasteiger partial charge in [-0.2, -0.15) is 0 Å². The molecule has 2 rings (SSSR count). The van der Waals surface area contributed by atoms with Crippen LogP contribution < -0.4 is 0 Å². The van der Waals surface area contributed by atoms with Crippen molar-refractivity contribution in [1.29, 1.82) is 0 Å². The predicted molar refractivity (Wildman–Crippen MR) is 118 cm³/mol. The van der Waals surface area contributed by atoms with Crippen LogP contribution in [0.5, 0.6) is 0 Å². The number of rotatable bonds is 8. The molecule has 0 unspecified atom stereocenters. The molecule has 5 nitrogen and oxygen atoms in total. The van der Waals surface area contributed by atoms with Crippen molar-refractivity contribution in [2.24, 2.45) is 11.8 Å². The summed E-state index contributed by atoms with van der Waals surface area (Å²) in [5.41, 5.74) is 1.77. The minimum atomic E-state index is -0.471. The molecule has 1 heterocycles. The van der Waals surface area contributed by atoms with Crippen LogP contribution in [0, 0.1) is 11.8 Å². The van der Waals surface area contributed by atoms with Crippen molar-refractivity contribution in [3.05, 3.63) is 35.5 Å². The molecule has 0 N–H and O–H groups in total. The zero-order valence-corrected chi connectivity index (χ0v) is 19.6. The molecule has 0 spiro atoms. The molecule has 1 saturated heterocycles. The summed E-state index contributed by atoms with van der Waals surface area (Å²) < 4.78 is 17.5. The monoisotopic (exact) mass is 418 g/mol. The average Bonchev–Trinajstić information content (AvgIpc) is 3.31.